The van der Waals surface area contributed by atoms with Crippen LogP contribution in [-0.2, 0) is 0 Å². The van der Waals surface area contributed by atoms with E-state index in [1.54, 1.807) is 12.3 Å². The number of nitrogens with zero attached hydrogens (tertiary/aromatic N) is 2. The molecule has 108 valence electrons. The summed E-state index contributed by atoms with van der Waals surface area (Å²) in [6.07, 6.45) is 3.60. The van der Waals surface area contributed by atoms with Crippen LogP contribution in [0.25, 0.3) is 0 Å². The topological polar surface area (TPSA) is 73.1 Å². The molecule has 5 nitrogen and oxygen atoms in total. The Morgan fingerprint density at radius 1 is 1.42 bits per heavy atom. The molecule has 3 N–H and O–H groups in total. The molecule has 1 unspecified atom stereocenters. The van der Waals surface area contributed by atoms with Crippen molar-refractivity contribution >= 4 is 5.95 Å². The SMILES string of the molecule is CCCOc1ccnc(NCC(N)CC(C)(C)C)n1. The largest absolute Gasteiger partial charge is 0.478 e. The third kappa shape index (κ3) is 6.96. The zero-order chi connectivity index (χ0) is 14.3. The lowest BCUT2D eigenvalue weighted by Crippen LogP contribution is -2.33. The van der Waals surface area contributed by atoms with E-state index in [9.17, 15) is 0 Å². The number of ether oxygens (including phenoxy) is 1. The molecule has 0 amide bonds. The van der Waals surface area contributed by atoms with Gasteiger partial charge < -0.3 is 15.8 Å². The van der Waals surface area contributed by atoms with E-state index in [2.05, 4.69) is 43.0 Å². The first-order valence-electron chi connectivity index (χ1n) is 6.86. The van der Waals surface area contributed by atoms with Crippen LogP contribution in [-0.4, -0.2) is 29.2 Å². The zero-order valence-electron chi connectivity index (χ0n) is 12.4. The average Bonchev–Trinajstić information content (AvgIpc) is 2.32. The number of rotatable bonds is 7. The lowest BCUT2D eigenvalue weighted by Gasteiger charge is -2.23. The highest BCUT2D eigenvalue weighted by Gasteiger charge is 2.15. The van der Waals surface area contributed by atoms with Crippen LogP contribution in [0.3, 0.4) is 0 Å². The normalized spacial score (nSPS) is 13.1. The first-order chi connectivity index (χ1) is 8.90. The quantitative estimate of drug-likeness (QED) is 0.793. The van der Waals surface area contributed by atoms with Crippen molar-refractivity contribution in [3.63, 3.8) is 0 Å². The minimum atomic E-state index is 0.0869. The second kappa shape index (κ2) is 7.28. The summed E-state index contributed by atoms with van der Waals surface area (Å²) in [5.41, 5.74) is 6.31. The number of hydrogen-bond donors (Lipinski definition) is 2. The Morgan fingerprint density at radius 3 is 2.79 bits per heavy atom. The Labute approximate surface area is 116 Å². The van der Waals surface area contributed by atoms with Crippen molar-refractivity contribution < 1.29 is 4.74 Å². The van der Waals surface area contributed by atoms with Gasteiger partial charge in [0.1, 0.15) is 0 Å². The molecule has 0 spiro atoms. The molecule has 1 atom stereocenters. The average molecular weight is 266 g/mol. The highest BCUT2D eigenvalue weighted by Crippen LogP contribution is 2.20. The second-order valence-electron chi connectivity index (χ2n) is 5.97. The molecule has 1 rings (SSSR count). The summed E-state index contributed by atoms with van der Waals surface area (Å²) in [4.78, 5) is 8.44. The molecule has 0 aliphatic carbocycles. The van der Waals surface area contributed by atoms with Crippen LogP contribution in [0, 0.1) is 5.41 Å². The van der Waals surface area contributed by atoms with Gasteiger partial charge in [-0.15, -0.1) is 0 Å². The van der Waals surface area contributed by atoms with Crippen LogP contribution < -0.4 is 15.8 Å². The molecule has 1 aromatic heterocycles. The molecule has 1 aromatic rings. The summed E-state index contributed by atoms with van der Waals surface area (Å²) in [5.74, 6) is 1.17. The molecular weight excluding hydrogens is 240 g/mol. The van der Waals surface area contributed by atoms with Crippen LogP contribution in [0.5, 0.6) is 5.88 Å². The Morgan fingerprint density at radius 2 is 2.16 bits per heavy atom. The van der Waals surface area contributed by atoms with E-state index in [1.165, 1.54) is 0 Å². The van der Waals surface area contributed by atoms with Gasteiger partial charge in [0.15, 0.2) is 0 Å². The van der Waals surface area contributed by atoms with E-state index in [1.807, 2.05) is 0 Å². The predicted octanol–water partition coefficient (Wildman–Crippen LogP) is 2.44. The molecule has 0 saturated heterocycles. The maximum atomic E-state index is 6.08. The van der Waals surface area contributed by atoms with E-state index in [0.29, 0.717) is 25.0 Å². The molecule has 0 radical (unpaired) electrons. The second-order valence-corrected chi connectivity index (χ2v) is 5.97. The summed E-state index contributed by atoms with van der Waals surface area (Å²) in [5, 5.41) is 3.16. The van der Waals surface area contributed by atoms with Crippen molar-refractivity contribution in [2.24, 2.45) is 11.1 Å². The summed E-state index contributed by atoms with van der Waals surface area (Å²) < 4.78 is 5.46. The molecule has 0 saturated carbocycles. The van der Waals surface area contributed by atoms with Crippen molar-refractivity contribution in [2.75, 3.05) is 18.5 Å². The van der Waals surface area contributed by atoms with Crippen molar-refractivity contribution in [1.29, 1.82) is 0 Å². The van der Waals surface area contributed by atoms with Gasteiger partial charge in [0.2, 0.25) is 11.8 Å². The Balaban J connectivity index is 2.44. The Kier molecular flexibility index (Phi) is 6.02. The highest BCUT2D eigenvalue weighted by molar-refractivity contribution is 5.27. The minimum Gasteiger partial charge on any atom is -0.478 e. The van der Waals surface area contributed by atoms with E-state index in [4.69, 9.17) is 10.5 Å². The van der Waals surface area contributed by atoms with Crippen LogP contribution in [0.1, 0.15) is 40.5 Å². The fourth-order valence-corrected chi connectivity index (χ4v) is 1.80. The third-order valence-corrected chi connectivity index (χ3v) is 2.48. The number of hydrogen-bond acceptors (Lipinski definition) is 5. The zero-order valence-corrected chi connectivity index (χ0v) is 12.4. The molecule has 0 aliphatic heterocycles. The monoisotopic (exact) mass is 266 g/mol. The van der Waals surface area contributed by atoms with E-state index in [-0.39, 0.29) is 11.5 Å². The first-order valence-corrected chi connectivity index (χ1v) is 6.86. The molecule has 19 heavy (non-hydrogen) atoms. The Bertz CT molecular complexity index is 376. The van der Waals surface area contributed by atoms with Gasteiger partial charge in [-0.3, -0.25) is 0 Å². The van der Waals surface area contributed by atoms with Gasteiger partial charge in [0, 0.05) is 24.8 Å². The van der Waals surface area contributed by atoms with E-state index in [0.717, 1.165) is 12.8 Å². The summed E-state index contributed by atoms with van der Waals surface area (Å²) in [6.45, 7) is 9.94. The van der Waals surface area contributed by atoms with Crippen molar-refractivity contribution in [3.05, 3.63) is 12.3 Å². The maximum absolute atomic E-state index is 6.08. The van der Waals surface area contributed by atoms with Crippen LogP contribution in [0.4, 0.5) is 5.95 Å². The van der Waals surface area contributed by atoms with Gasteiger partial charge in [-0.1, -0.05) is 27.7 Å². The van der Waals surface area contributed by atoms with Crippen molar-refractivity contribution in [1.82, 2.24) is 9.97 Å². The van der Waals surface area contributed by atoms with E-state index >= 15 is 0 Å². The van der Waals surface area contributed by atoms with Crippen LogP contribution in [0.2, 0.25) is 0 Å². The standard InChI is InChI=1S/C14H26N4O/c1-5-8-19-12-6-7-16-13(18-12)17-10-11(15)9-14(2,3)4/h6-7,11H,5,8-10,15H2,1-4H3,(H,16,17,18). The molecule has 0 aliphatic rings. The van der Waals surface area contributed by atoms with Crippen molar-refractivity contribution in [2.45, 2.75) is 46.6 Å². The molecule has 0 aromatic carbocycles. The lowest BCUT2D eigenvalue weighted by molar-refractivity contribution is 0.305. The molecule has 1 heterocycles. The minimum absolute atomic E-state index is 0.0869. The first kappa shape index (κ1) is 15.7. The Hall–Kier alpha value is -1.36. The number of aromatic nitrogens is 2. The smallest absolute Gasteiger partial charge is 0.225 e. The van der Waals surface area contributed by atoms with Gasteiger partial charge in [-0.05, 0) is 18.3 Å². The predicted molar refractivity (Wildman–Crippen MR) is 78.4 cm³/mol. The summed E-state index contributed by atoms with van der Waals surface area (Å²) in [7, 11) is 0. The van der Waals surface area contributed by atoms with Crippen LogP contribution in [0.15, 0.2) is 12.3 Å². The van der Waals surface area contributed by atoms with Gasteiger partial charge in [0.05, 0.1) is 6.61 Å². The molecule has 5 heteroatoms. The molecular formula is C14H26N4O. The van der Waals surface area contributed by atoms with Gasteiger partial charge in [0.25, 0.3) is 0 Å². The molecule has 0 fully saturated rings. The highest BCUT2D eigenvalue weighted by atomic mass is 16.5. The number of nitrogens with one attached hydrogen (secondary N) is 1. The number of nitrogens with two attached hydrogens (primary N) is 1. The molecule has 0 bridgehead atoms. The summed E-state index contributed by atoms with van der Waals surface area (Å²) >= 11 is 0. The van der Waals surface area contributed by atoms with Gasteiger partial charge >= 0.3 is 0 Å². The lowest BCUT2D eigenvalue weighted by atomic mass is 9.88. The third-order valence-electron chi connectivity index (χ3n) is 2.48. The van der Waals surface area contributed by atoms with Crippen molar-refractivity contribution in [3.8, 4) is 5.88 Å². The fourth-order valence-electron chi connectivity index (χ4n) is 1.80. The maximum Gasteiger partial charge on any atom is 0.225 e. The van der Waals surface area contributed by atoms with E-state index < -0.39 is 0 Å². The summed E-state index contributed by atoms with van der Waals surface area (Å²) in [6, 6.07) is 1.85. The van der Waals surface area contributed by atoms with Gasteiger partial charge in [-0.2, -0.15) is 4.98 Å². The fraction of sp³-hybridized carbons (Fsp3) is 0.714. The van der Waals surface area contributed by atoms with Crippen LogP contribution >= 0.6 is 0 Å². The number of anilines is 1. The van der Waals surface area contributed by atoms with Gasteiger partial charge in [-0.25, -0.2) is 4.98 Å².